The van der Waals surface area contributed by atoms with Crippen molar-refractivity contribution in [2.45, 2.75) is 31.0 Å². The van der Waals surface area contributed by atoms with Crippen LogP contribution in [0.2, 0.25) is 0 Å². The van der Waals surface area contributed by atoms with Gasteiger partial charge in [-0.3, -0.25) is 4.79 Å². The summed E-state index contributed by atoms with van der Waals surface area (Å²) < 4.78 is 13.4. The standard InChI is InChI=1S/C22H17FN4OS3/c1-10-11(2)30-22-16(10)19(28)26-18(27-22)12(3)31-21-17-15(8-29-20(17)24-9-25-21)13-4-6-14(23)7-5-13/h4-9,12H,1-3H3,(H,26,27,28). The van der Waals surface area contributed by atoms with Crippen LogP contribution in [0.3, 0.4) is 0 Å². The van der Waals surface area contributed by atoms with Crippen LogP contribution in [0.15, 0.2) is 45.8 Å². The highest BCUT2D eigenvalue weighted by atomic mass is 32.2. The molecule has 31 heavy (non-hydrogen) atoms. The van der Waals surface area contributed by atoms with E-state index < -0.39 is 0 Å². The van der Waals surface area contributed by atoms with Gasteiger partial charge in [0, 0.05) is 15.8 Å². The molecule has 0 aliphatic carbocycles. The van der Waals surface area contributed by atoms with Crippen LogP contribution >= 0.6 is 34.4 Å². The number of thiophene rings is 2. The first kappa shape index (κ1) is 20.3. The Morgan fingerprint density at radius 3 is 2.65 bits per heavy atom. The maximum Gasteiger partial charge on any atom is 0.259 e. The molecule has 1 aromatic carbocycles. The summed E-state index contributed by atoms with van der Waals surface area (Å²) in [5.41, 5.74) is 2.76. The Hall–Kier alpha value is -2.62. The van der Waals surface area contributed by atoms with Crippen molar-refractivity contribution in [1.29, 1.82) is 0 Å². The lowest BCUT2D eigenvalue weighted by Crippen LogP contribution is -2.12. The number of benzene rings is 1. The maximum absolute atomic E-state index is 13.4. The molecule has 0 aliphatic heterocycles. The van der Waals surface area contributed by atoms with E-state index in [0.717, 1.165) is 41.6 Å². The summed E-state index contributed by atoms with van der Waals surface area (Å²) in [4.78, 5) is 32.0. The molecule has 5 rings (SSSR count). The molecular formula is C22H17FN4OS3. The Bertz CT molecular complexity index is 1490. The molecule has 1 atom stereocenters. The van der Waals surface area contributed by atoms with E-state index in [1.807, 2.05) is 26.2 Å². The molecule has 0 saturated carbocycles. The van der Waals surface area contributed by atoms with Crippen molar-refractivity contribution in [3.05, 3.63) is 68.4 Å². The van der Waals surface area contributed by atoms with Crippen LogP contribution in [0.5, 0.6) is 0 Å². The first-order chi connectivity index (χ1) is 14.9. The van der Waals surface area contributed by atoms with Gasteiger partial charge in [-0.1, -0.05) is 23.9 Å². The van der Waals surface area contributed by atoms with Gasteiger partial charge in [0.05, 0.1) is 16.0 Å². The van der Waals surface area contributed by atoms with Gasteiger partial charge in [-0.15, -0.1) is 22.7 Å². The van der Waals surface area contributed by atoms with Crippen molar-refractivity contribution in [3.63, 3.8) is 0 Å². The number of aromatic nitrogens is 4. The van der Waals surface area contributed by atoms with Gasteiger partial charge in [-0.05, 0) is 44.0 Å². The molecule has 1 N–H and O–H groups in total. The lowest BCUT2D eigenvalue weighted by atomic mass is 10.1. The molecule has 0 aliphatic rings. The molecule has 1 unspecified atom stereocenters. The van der Waals surface area contributed by atoms with Gasteiger partial charge >= 0.3 is 0 Å². The lowest BCUT2D eigenvalue weighted by molar-refractivity contribution is 0.628. The Morgan fingerprint density at radius 2 is 1.87 bits per heavy atom. The highest BCUT2D eigenvalue weighted by molar-refractivity contribution is 7.99. The Kier molecular flexibility index (Phi) is 5.11. The van der Waals surface area contributed by atoms with E-state index in [9.17, 15) is 9.18 Å². The van der Waals surface area contributed by atoms with Crippen LogP contribution in [-0.2, 0) is 0 Å². The monoisotopic (exact) mass is 468 g/mol. The second-order valence-corrected chi connectivity index (χ2v) is 10.6. The summed E-state index contributed by atoms with van der Waals surface area (Å²) in [6.07, 6.45) is 1.55. The van der Waals surface area contributed by atoms with Crippen molar-refractivity contribution in [3.8, 4) is 11.1 Å². The fraction of sp³-hybridized carbons (Fsp3) is 0.182. The van der Waals surface area contributed by atoms with Crippen LogP contribution in [0.4, 0.5) is 4.39 Å². The number of hydrogen-bond acceptors (Lipinski definition) is 7. The Balaban J connectivity index is 1.56. The maximum atomic E-state index is 13.4. The molecular weight excluding hydrogens is 451 g/mol. The molecule has 0 radical (unpaired) electrons. The number of fused-ring (bicyclic) bond motifs is 2. The van der Waals surface area contributed by atoms with Crippen LogP contribution in [0, 0.1) is 19.7 Å². The minimum Gasteiger partial charge on any atom is -0.309 e. The Morgan fingerprint density at radius 1 is 1.10 bits per heavy atom. The van der Waals surface area contributed by atoms with Crippen LogP contribution < -0.4 is 5.56 Å². The number of aryl methyl sites for hydroxylation is 2. The van der Waals surface area contributed by atoms with Gasteiger partial charge in [0.25, 0.3) is 5.56 Å². The molecule has 0 bridgehead atoms. The highest BCUT2D eigenvalue weighted by Gasteiger charge is 2.20. The van der Waals surface area contributed by atoms with Crippen molar-refractivity contribution < 1.29 is 4.39 Å². The second-order valence-electron chi connectivity index (χ2n) is 7.19. The lowest BCUT2D eigenvalue weighted by Gasteiger charge is -2.11. The van der Waals surface area contributed by atoms with E-state index in [-0.39, 0.29) is 16.6 Å². The van der Waals surface area contributed by atoms with Gasteiger partial charge in [-0.25, -0.2) is 19.3 Å². The number of H-pyrrole nitrogens is 1. The summed E-state index contributed by atoms with van der Waals surface area (Å²) in [7, 11) is 0. The molecule has 5 aromatic rings. The minimum absolute atomic E-state index is 0.107. The molecule has 9 heteroatoms. The number of nitrogens with zero attached hydrogens (tertiary/aromatic N) is 3. The zero-order valence-corrected chi connectivity index (χ0v) is 19.3. The van der Waals surface area contributed by atoms with E-state index in [1.54, 1.807) is 29.8 Å². The molecule has 0 saturated heterocycles. The third-order valence-corrected chi connectivity index (χ3v) is 8.32. The zero-order valence-electron chi connectivity index (χ0n) is 16.9. The first-order valence-electron chi connectivity index (χ1n) is 9.57. The van der Waals surface area contributed by atoms with Gasteiger partial charge in [-0.2, -0.15) is 0 Å². The number of aromatic amines is 1. The largest absolute Gasteiger partial charge is 0.309 e. The highest BCUT2D eigenvalue weighted by Crippen LogP contribution is 2.42. The number of halogens is 1. The smallest absolute Gasteiger partial charge is 0.259 e. The fourth-order valence-corrected chi connectivity index (χ4v) is 6.47. The van der Waals surface area contributed by atoms with Gasteiger partial charge < -0.3 is 4.98 Å². The normalized spacial score (nSPS) is 12.6. The topological polar surface area (TPSA) is 71.5 Å². The van der Waals surface area contributed by atoms with Crippen molar-refractivity contribution in [2.75, 3.05) is 0 Å². The summed E-state index contributed by atoms with van der Waals surface area (Å²) in [6.45, 7) is 5.96. The van der Waals surface area contributed by atoms with E-state index in [4.69, 9.17) is 4.98 Å². The van der Waals surface area contributed by atoms with Gasteiger partial charge in [0.1, 0.15) is 32.7 Å². The number of nitrogens with one attached hydrogen (secondary N) is 1. The average Bonchev–Trinajstić information content (AvgIpc) is 3.30. The van der Waals surface area contributed by atoms with E-state index in [2.05, 4.69) is 15.0 Å². The van der Waals surface area contributed by atoms with Gasteiger partial charge in [0.15, 0.2) is 0 Å². The molecule has 5 nitrogen and oxygen atoms in total. The van der Waals surface area contributed by atoms with E-state index in [0.29, 0.717) is 11.2 Å². The predicted octanol–water partition coefficient (Wildman–Crippen LogP) is 6.27. The van der Waals surface area contributed by atoms with Gasteiger partial charge in [0.2, 0.25) is 0 Å². The predicted molar refractivity (Wildman–Crippen MR) is 127 cm³/mol. The molecule has 156 valence electrons. The minimum atomic E-state index is -0.271. The summed E-state index contributed by atoms with van der Waals surface area (Å²) in [5, 5.41) is 4.30. The van der Waals surface area contributed by atoms with Crippen LogP contribution in [0.1, 0.15) is 28.4 Å². The van der Waals surface area contributed by atoms with Crippen molar-refractivity contribution in [1.82, 2.24) is 19.9 Å². The van der Waals surface area contributed by atoms with Crippen LogP contribution in [-0.4, -0.2) is 19.9 Å². The molecule has 0 spiro atoms. The first-order valence-corrected chi connectivity index (χ1v) is 12.1. The average molecular weight is 469 g/mol. The van der Waals surface area contributed by atoms with Crippen LogP contribution in [0.25, 0.3) is 31.6 Å². The molecule has 0 amide bonds. The summed E-state index contributed by atoms with van der Waals surface area (Å²) in [6, 6.07) is 6.42. The SMILES string of the molecule is Cc1sc2nc(C(C)Sc3ncnc4scc(-c5ccc(F)cc5)c34)[nH]c(=O)c2c1C. The third-order valence-electron chi connectivity index (χ3n) is 5.22. The quantitative estimate of drug-likeness (QED) is 0.249. The molecule has 0 fully saturated rings. The van der Waals surface area contributed by atoms with E-state index >= 15 is 0 Å². The summed E-state index contributed by atoms with van der Waals surface area (Å²) in [5.74, 6) is 0.348. The van der Waals surface area contributed by atoms with Crippen molar-refractivity contribution >= 4 is 54.9 Å². The second kappa shape index (κ2) is 7.81. The number of hydrogen-bond donors (Lipinski definition) is 1. The molecule has 4 aromatic heterocycles. The Labute approximate surface area is 189 Å². The molecule has 4 heterocycles. The van der Waals surface area contributed by atoms with E-state index in [1.165, 1.54) is 35.2 Å². The third kappa shape index (κ3) is 3.56. The fourth-order valence-electron chi connectivity index (χ4n) is 3.47. The summed E-state index contributed by atoms with van der Waals surface area (Å²) >= 11 is 4.59. The zero-order chi connectivity index (χ0) is 21.7. The van der Waals surface area contributed by atoms with Crippen molar-refractivity contribution in [2.24, 2.45) is 0 Å². The number of rotatable bonds is 4. The number of thioether (sulfide) groups is 1.